The molecule has 25 heavy (non-hydrogen) atoms. The predicted molar refractivity (Wildman–Crippen MR) is 93.8 cm³/mol. The van der Waals surface area contributed by atoms with Crippen LogP contribution in [0.15, 0.2) is 54.4 Å². The number of aryl methyl sites for hydroxylation is 1. The van der Waals surface area contributed by atoms with Gasteiger partial charge in [0.05, 0.1) is 18.2 Å². The second-order valence-electron chi connectivity index (χ2n) is 5.75. The molecule has 1 aliphatic rings. The van der Waals surface area contributed by atoms with Crippen molar-refractivity contribution in [1.82, 2.24) is 5.32 Å². The van der Waals surface area contributed by atoms with Gasteiger partial charge in [-0.3, -0.25) is 4.79 Å². The first-order valence-electron chi connectivity index (χ1n) is 7.94. The number of hydrogen-bond donors (Lipinski definition) is 1. The van der Waals surface area contributed by atoms with Crippen LogP contribution < -0.4 is 5.32 Å². The number of methoxy groups -OCH3 is 1. The topological polar surface area (TPSA) is 64.6 Å². The Balaban J connectivity index is 2.03. The zero-order valence-corrected chi connectivity index (χ0v) is 14.3. The summed E-state index contributed by atoms with van der Waals surface area (Å²) in [5.41, 5.74) is 3.06. The van der Waals surface area contributed by atoms with Gasteiger partial charge in [0.25, 0.3) is 0 Å². The number of carbonyl (C=O) groups excluding carboxylic acids is 2. The van der Waals surface area contributed by atoms with E-state index in [0.717, 1.165) is 11.1 Å². The Morgan fingerprint density at radius 3 is 2.52 bits per heavy atom. The lowest BCUT2D eigenvalue weighted by Gasteiger charge is -2.11. The summed E-state index contributed by atoms with van der Waals surface area (Å²) in [7, 11) is 3.04. The van der Waals surface area contributed by atoms with E-state index in [2.05, 4.69) is 5.32 Å². The quantitative estimate of drug-likeness (QED) is 0.869. The highest BCUT2D eigenvalue weighted by Gasteiger charge is 2.37. The van der Waals surface area contributed by atoms with Gasteiger partial charge in [0.1, 0.15) is 0 Å². The maximum absolute atomic E-state index is 13.0. The Labute approximate surface area is 146 Å². The molecule has 2 aromatic carbocycles. The lowest BCUT2D eigenvalue weighted by molar-refractivity contribution is -0.120. The van der Waals surface area contributed by atoms with Crippen molar-refractivity contribution in [3.63, 3.8) is 0 Å². The second-order valence-corrected chi connectivity index (χ2v) is 5.75. The van der Waals surface area contributed by atoms with E-state index in [4.69, 9.17) is 9.47 Å². The van der Waals surface area contributed by atoms with Gasteiger partial charge >= 0.3 is 5.97 Å². The molecule has 0 bridgehead atoms. The van der Waals surface area contributed by atoms with E-state index >= 15 is 0 Å². The fraction of sp³-hybridized carbons (Fsp3) is 0.200. The summed E-state index contributed by atoms with van der Waals surface area (Å²) in [6, 6.07) is 14.6. The number of rotatable bonds is 4. The summed E-state index contributed by atoms with van der Waals surface area (Å²) in [6.07, 6.45) is -0.693. The molecule has 0 spiro atoms. The fourth-order valence-electron chi connectivity index (χ4n) is 2.89. The Morgan fingerprint density at radius 1 is 1.16 bits per heavy atom. The monoisotopic (exact) mass is 337 g/mol. The molecular weight excluding hydrogens is 318 g/mol. The first-order valence-corrected chi connectivity index (χ1v) is 7.94. The van der Waals surface area contributed by atoms with Crippen LogP contribution in [0.25, 0.3) is 5.57 Å². The van der Waals surface area contributed by atoms with Crippen LogP contribution in [-0.2, 0) is 14.3 Å². The van der Waals surface area contributed by atoms with Crippen LogP contribution in [0.1, 0.15) is 33.2 Å². The summed E-state index contributed by atoms with van der Waals surface area (Å²) in [4.78, 5) is 24.9. The van der Waals surface area contributed by atoms with Gasteiger partial charge in [-0.25, -0.2) is 4.79 Å². The van der Waals surface area contributed by atoms with Crippen molar-refractivity contribution in [2.24, 2.45) is 0 Å². The number of ether oxygens (including phenoxy) is 2. The molecule has 5 heteroatoms. The minimum absolute atomic E-state index is 0.143. The molecule has 0 saturated heterocycles. The van der Waals surface area contributed by atoms with Crippen molar-refractivity contribution in [2.75, 3.05) is 14.2 Å². The largest absolute Gasteiger partial charge is 0.465 e. The molecule has 1 atom stereocenters. The molecule has 3 rings (SSSR count). The molecule has 0 aromatic heterocycles. The average Bonchev–Trinajstić information content (AvgIpc) is 2.99. The Bertz CT molecular complexity index is 855. The highest BCUT2D eigenvalue weighted by Crippen LogP contribution is 2.37. The SMILES string of the molecule is CNC1=C(c2ccc(C)c(C(=O)OC)c2)C(=O)C(c2ccccc2)O1. The summed E-state index contributed by atoms with van der Waals surface area (Å²) in [6.45, 7) is 1.82. The van der Waals surface area contributed by atoms with E-state index < -0.39 is 12.1 Å². The fourth-order valence-corrected chi connectivity index (χ4v) is 2.89. The standard InChI is InChI=1S/C20H19NO4/c1-12-9-10-14(11-15(12)20(23)24-3)16-17(22)18(25-19(16)21-2)13-7-5-4-6-8-13/h4-11,18,21H,1-3H3. The Hall–Kier alpha value is -3.08. The van der Waals surface area contributed by atoms with Crippen molar-refractivity contribution in [3.05, 3.63) is 76.7 Å². The second kappa shape index (κ2) is 6.81. The highest BCUT2D eigenvalue weighted by atomic mass is 16.5. The van der Waals surface area contributed by atoms with E-state index in [0.29, 0.717) is 22.6 Å². The molecule has 0 saturated carbocycles. The normalized spacial score (nSPS) is 16.6. The lowest BCUT2D eigenvalue weighted by Crippen LogP contribution is -2.10. The molecule has 1 unspecified atom stereocenters. The van der Waals surface area contributed by atoms with Crippen molar-refractivity contribution >= 4 is 17.3 Å². The number of ketones is 1. The maximum atomic E-state index is 13.0. The summed E-state index contributed by atoms with van der Waals surface area (Å²) < 4.78 is 10.7. The molecule has 128 valence electrons. The number of nitrogens with one attached hydrogen (secondary N) is 1. The number of hydrogen-bond acceptors (Lipinski definition) is 5. The van der Waals surface area contributed by atoms with E-state index in [9.17, 15) is 9.59 Å². The maximum Gasteiger partial charge on any atom is 0.338 e. The first-order chi connectivity index (χ1) is 12.1. The van der Waals surface area contributed by atoms with Crippen LogP contribution in [0.3, 0.4) is 0 Å². The number of esters is 1. The molecule has 0 aliphatic carbocycles. The van der Waals surface area contributed by atoms with Gasteiger partial charge in [0.15, 0.2) is 12.0 Å². The molecule has 2 aromatic rings. The summed E-state index contributed by atoms with van der Waals surface area (Å²) >= 11 is 0. The Morgan fingerprint density at radius 2 is 1.88 bits per heavy atom. The van der Waals surface area contributed by atoms with Gasteiger partial charge in [-0.2, -0.15) is 0 Å². The summed E-state index contributed by atoms with van der Waals surface area (Å²) in [5.74, 6) is -0.175. The van der Waals surface area contributed by atoms with Gasteiger partial charge in [-0.05, 0) is 24.1 Å². The van der Waals surface area contributed by atoms with Crippen molar-refractivity contribution < 1.29 is 19.1 Å². The van der Waals surface area contributed by atoms with Gasteiger partial charge in [-0.1, -0.05) is 42.5 Å². The van der Waals surface area contributed by atoms with Crippen molar-refractivity contribution in [3.8, 4) is 0 Å². The van der Waals surface area contributed by atoms with E-state index in [1.54, 1.807) is 19.2 Å². The molecular formula is C20H19NO4. The third-order valence-corrected chi connectivity index (χ3v) is 4.21. The summed E-state index contributed by atoms with van der Waals surface area (Å²) in [5, 5.41) is 2.94. The number of carbonyl (C=O) groups is 2. The molecule has 1 heterocycles. The average molecular weight is 337 g/mol. The van der Waals surface area contributed by atoms with Crippen LogP contribution in [-0.4, -0.2) is 25.9 Å². The van der Waals surface area contributed by atoms with Crippen LogP contribution in [0.2, 0.25) is 0 Å². The van der Waals surface area contributed by atoms with Gasteiger partial charge in [0, 0.05) is 12.6 Å². The molecule has 0 fully saturated rings. The van der Waals surface area contributed by atoms with Gasteiger partial charge in [0.2, 0.25) is 5.78 Å². The van der Waals surface area contributed by atoms with E-state index in [1.165, 1.54) is 7.11 Å². The van der Waals surface area contributed by atoms with Crippen molar-refractivity contribution in [2.45, 2.75) is 13.0 Å². The molecule has 5 nitrogen and oxygen atoms in total. The minimum Gasteiger partial charge on any atom is -0.465 e. The third kappa shape index (κ3) is 3.01. The predicted octanol–water partition coefficient (Wildman–Crippen LogP) is 3.01. The van der Waals surface area contributed by atoms with Crippen LogP contribution in [0.5, 0.6) is 0 Å². The van der Waals surface area contributed by atoms with Crippen LogP contribution in [0.4, 0.5) is 0 Å². The Kier molecular flexibility index (Phi) is 4.57. The lowest BCUT2D eigenvalue weighted by atomic mass is 9.94. The zero-order chi connectivity index (χ0) is 18.0. The van der Waals surface area contributed by atoms with Crippen LogP contribution >= 0.6 is 0 Å². The van der Waals surface area contributed by atoms with Crippen LogP contribution in [0, 0.1) is 6.92 Å². The van der Waals surface area contributed by atoms with Gasteiger partial charge in [-0.15, -0.1) is 0 Å². The molecule has 0 radical (unpaired) electrons. The number of Topliss-reactive ketones (excluding diaryl/α,β-unsaturated/α-hetero) is 1. The minimum atomic E-state index is -0.693. The van der Waals surface area contributed by atoms with E-state index in [1.807, 2.05) is 43.3 Å². The molecule has 0 amide bonds. The number of benzene rings is 2. The van der Waals surface area contributed by atoms with Crippen molar-refractivity contribution in [1.29, 1.82) is 0 Å². The zero-order valence-electron chi connectivity index (χ0n) is 14.3. The molecule has 1 aliphatic heterocycles. The smallest absolute Gasteiger partial charge is 0.338 e. The highest BCUT2D eigenvalue weighted by molar-refractivity contribution is 6.25. The van der Waals surface area contributed by atoms with Gasteiger partial charge < -0.3 is 14.8 Å². The van der Waals surface area contributed by atoms with E-state index in [-0.39, 0.29) is 5.78 Å². The molecule has 1 N–H and O–H groups in total. The first kappa shape index (κ1) is 16.8. The third-order valence-electron chi connectivity index (χ3n) is 4.21.